The Hall–Kier alpha value is -3.85. The summed E-state index contributed by atoms with van der Waals surface area (Å²) >= 11 is 0. The summed E-state index contributed by atoms with van der Waals surface area (Å²) in [5.41, 5.74) is 1.47. The van der Waals surface area contributed by atoms with Crippen molar-refractivity contribution in [2.24, 2.45) is 11.3 Å². The monoisotopic (exact) mass is 477 g/mol. The van der Waals surface area contributed by atoms with Crippen LogP contribution >= 0.6 is 0 Å². The van der Waals surface area contributed by atoms with Crippen LogP contribution in [0, 0.1) is 11.3 Å². The molecule has 2 heterocycles. The lowest BCUT2D eigenvalue weighted by molar-refractivity contribution is -0.168. The van der Waals surface area contributed by atoms with Gasteiger partial charge < -0.3 is 14.7 Å². The largest absolute Gasteiger partial charge is 0.480 e. The topological polar surface area (TPSA) is 134 Å². The Morgan fingerprint density at radius 2 is 1.51 bits per heavy atom. The van der Waals surface area contributed by atoms with Gasteiger partial charge in [0.1, 0.15) is 0 Å². The van der Waals surface area contributed by atoms with E-state index in [1.54, 1.807) is 24.3 Å². The number of carboxylic acids is 2. The zero-order valence-corrected chi connectivity index (χ0v) is 19.6. The highest BCUT2D eigenvalue weighted by Crippen LogP contribution is 2.33. The third-order valence-electron chi connectivity index (χ3n) is 6.51. The fourth-order valence-corrected chi connectivity index (χ4v) is 4.20. The fraction of sp³-hybridized carbons (Fsp3) is 0.346. The highest BCUT2D eigenvalue weighted by molar-refractivity contribution is 5.98. The predicted molar refractivity (Wildman–Crippen MR) is 127 cm³/mol. The van der Waals surface area contributed by atoms with E-state index in [-0.39, 0.29) is 24.5 Å². The summed E-state index contributed by atoms with van der Waals surface area (Å²) in [6, 6.07) is 14.7. The first-order valence-corrected chi connectivity index (χ1v) is 11.5. The Kier molecular flexibility index (Phi) is 6.79. The van der Waals surface area contributed by atoms with Crippen molar-refractivity contribution in [1.29, 1.82) is 0 Å². The van der Waals surface area contributed by atoms with Gasteiger partial charge in [0.05, 0.1) is 0 Å². The number of piperidine rings is 1. The van der Waals surface area contributed by atoms with Gasteiger partial charge in [0.25, 0.3) is 5.89 Å². The molecule has 9 heteroatoms. The van der Waals surface area contributed by atoms with Crippen LogP contribution in [0.1, 0.15) is 42.6 Å². The number of Topliss-reactive ketones (excluding diaryl/α,β-unsaturated/α-hetero) is 1. The van der Waals surface area contributed by atoms with E-state index in [0.29, 0.717) is 36.9 Å². The molecule has 1 saturated heterocycles. The van der Waals surface area contributed by atoms with E-state index in [9.17, 15) is 24.6 Å². The molecule has 0 atom stereocenters. The van der Waals surface area contributed by atoms with Crippen molar-refractivity contribution in [3.05, 3.63) is 59.7 Å². The molecule has 2 aromatic carbocycles. The van der Waals surface area contributed by atoms with Crippen LogP contribution in [-0.4, -0.2) is 56.1 Å². The molecule has 2 N–H and O–H groups in total. The van der Waals surface area contributed by atoms with Crippen molar-refractivity contribution in [3.8, 4) is 22.8 Å². The first-order chi connectivity index (χ1) is 16.7. The van der Waals surface area contributed by atoms with Crippen molar-refractivity contribution in [3.63, 3.8) is 0 Å². The van der Waals surface area contributed by atoms with Crippen molar-refractivity contribution < 1.29 is 29.1 Å². The Bertz CT molecular complexity index is 1210. The van der Waals surface area contributed by atoms with Gasteiger partial charge in [-0.15, -0.1) is 0 Å². The average Bonchev–Trinajstić information content (AvgIpc) is 3.34. The van der Waals surface area contributed by atoms with E-state index in [1.807, 2.05) is 38.1 Å². The predicted octanol–water partition coefficient (Wildman–Crippen LogP) is 3.99. The second-order valence-corrected chi connectivity index (χ2v) is 9.18. The van der Waals surface area contributed by atoms with Gasteiger partial charge in [0.2, 0.25) is 5.82 Å². The summed E-state index contributed by atoms with van der Waals surface area (Å²) in [5, 5.41) is 22.8. The molecular weight excluding hydrogens is 450 g/mol. The third-order valence-corrected chi connectivity index (χ3v) is 6.51. The number of hydrogen-bond donors (Lipinski definition) is 2. The molecule has 0 radical (unpaired) electrons. The van der Waals surface area contributed by atoms with Crippen LogP contribution in [0.5, 0.6) is 0 Å². The molecule has 1 fully saturated rings. The van der Waals surface area contributed by atoms with E-state index in [0.717, 1.165) is 16.7 Å². The van der Waals surface area contributed by atoms with Gasteiger partial charge in [-0.1, -0.05) is 55.4 Å². The van der Waals surface area contributed by atoms with Gasteiger partial charge in [-0.05, 0) is 30.5 Å². The Balaban J connectivity index is 1.39. The molecule has 1 aliphatic rings. The molecule has 0 bridgehead atoms. The lowest BCUT2D eigenvalue weighted by atomic mass is 9.78. The molecule has 4 rings (SSSR count). The number of aromatic nitrogens is 2. The van der Waals surface area contributed by atoms with Crippen LogP contribution < -0.4 is 0 Å². The van der Waals surface area contributed by atoms with Crippen LogP contribution in [0.25, 0.3) is 22.8 Å². The number of likely N-dealkylation sites (tertiary alicyclic amines) is 1. The third kappa shape index (κ3) is 5.00. The summed E-state index contributed by atoms with van der Waals surface area (Å²) < 4.78 is 5.41. The minimum atomic E-state index is -1.69. The SMILES string of the molecule is CC(C)C(=O)c1ccc(-c2nc(-c3ccc(CN4CCC(C(=O)O)(C(=O)O)CC4)cc3)no2)cc1. The van der Waals surface area contributed by atoms with Crippen LogP contribution in [0.2, 0.25) is 0 Å². The molecule has 0 amide bonds. The Morgan fingerprint density at radius 1 is 0.943 bits per heavy atom. The van der Waals surface area contributed by atoms with E-state index in [2.05, 4.69) is 15.0 Å². The summed E-state index contributed by atoms with van der Waals surface area (Å²) in [6.45, 7) is 5.11. The molecule has 3 aromatic rings. The molecule has 0 spiro atoms. The zero-order valence-electron chi connectivity index (χ0n) is 19.6. The van der Waals surface area contributed by atoms with Crippen LogP contribution in [-0.2, 0) is 16.1 Å². The van der Waals surface area contributed by atoms with Crippen LogP contribution in [0.4, 0.5) is 0 Å². The highest BCUT2D eigenvalue weighted by atomic mass is 16.5. The van der Waals surface area contributed by atoms with E-state index in [1.165, 1.54) is 0 Å². The highest BCUT2D eigenvalue weighted by Gasteiger charge is 2.48. The Labute approximate surface area is 202 Å². The van der Waals surface area contributed by atoms with Crippen molar-refractivity contribution in [1.82, 2.24) is 15.0 Å². The maximum Gasteiger partial charge on any atom is 0.321 e. The normalized spacial score (nSPS) is 15.7. The number of nitrogens with zero attached hydrogens (tertiary/aromatic N) is 3. The number of ketones is 1. The van der Waals surface area contributed by atoms with Gasteiger partial charge in [-0.2, -0.15) is 4.98 Å². The smallest absolute Gasteiger partial charge is 0.321 e. The average molecular weight is 478 g/mol. The standard InChI is InChI=1S/C26H27N3O6/c1-16(2)21(30)18-7-9-20(10-8-18)23-27-22(28-35-23)19-5-3-17(4-6-19)15-29-13-11-26(12-14-29,24(31)32)25(33)34/h3-10,16H,11-15H2,1-2H3,(H,31,32)(H,33,34). The van der Waals surface area contributed by atoms with Crippen molar-refractivity contribution >= 4 is 17.7 Å². The quantitative estimate of drug-likeness (QED) is 0.365. The molecule has 0 unspecified atom stereocenters. The van der Waals surface area contributed by atoms with E-state index >= 15 is 0 Å². The number of carbonyl (C=O) groups excluding carboxylic acids is 1. The summed E-state index contributed by atoms with van der Waals surface area (Å²) in [5.74, 6) is -1.73. The molecule has 182 valence electrons. The zero-order chi connectivity index (χ0) is 25.2. The van der Waals surface area contributed by atoms with Crippen LogP contribution in [0.15, 0.2) is 53.1 Å². The molecule has 35 heavy (non-hydrogen) atoms. The summed E-state index contributed by atoms with van der Waals surface area (Å²) in [6.07, 6.45) is 0.155. The lowest BCUT2D eigenvalue weighted by Gasteiger charge is -2.36. The molecule has 0 saturated carbocycles. The van der Waals surface area contributed by atoms with Gasteiger partial charge in [0.15, 0.2) is 11.2 Å². The Morgan fingerprint density at radius 3 is 2.06 bits per heavy atom. The molecular formula is C26H27N3O6. The number of aliphatic carboxylic acids is 2. The minimum absolute atomic E-state index is 0.0724. The second kappa shape index (κ2) is 9.79. The van der Waals surface area contributed by atoms with E-state index < -0.39 is 17.4 Å². The van der Waals surface area contributed by atoms with Gasteiger partial charge in [-0.3, -0.25) is 19.3 Å². The van der Waals surface area contributed by atoms with Gasteiger partial charge in [0, 0.05) is 42.2 Å². The van der Waals surface area contributed by atoms with E-state index in [4.69, 9.17) is 4.52 Å². The van der Waals surface area contributed by atoms with Crippen molar-refractivity contribution in [2.75, 3.05) is 13.1 Å². The minimum Gasteiger partial charge on any atom is -0.480 e. The first kappa shape index (κ1) is 24.3. The molecule has 9 nitrogen and oxygen atoms in total. The number of hydrogen-bond acceptors (Lipinski definition) is 7. The molecule has 1 aliphatic heterocycles. The molecule has 1 aromatic heterocycles. The van der Waals surface area contributed by atoms with Gasteiger partial charge >= 0.3 is 11.9 Å². The summed E-state index contributed by atoms with van der Waals surface area (Å²) in [7, 11) is 0. The van der Waals surface area contributed by atoms with Crippen molar-refractivity contribution in [2.45, 2.75) is 33.2 Å². The second-order valence-electron chi connectivity index (χ2n) is 9.18. The lowest BCUT2D eigenvalue weighted by Crippen LogP contribution is -2.48. The first-order valence-electron chi connectivity index (χ1n) is 11.5. The number of carboxylic acid groups (broad SMARTS) is 2. The maximum absolute atomic E-state index is 12.1. The van der Waals surface area contributed by atoms with Crippen LogP contribution in [0.3, 0.4) is 0 Å². The van der Waals surface area contributed by atoms with Gasteiger partial charge in [-0.25, -0.2) is 0 Å². The number of benzene rings is 2. The summed E-state index contributed by atoms with van der Waals surface area (Å²) in [4.78, 5) is 41.6. The molecule has 0 aliphatic carbocycles. The fourth-order valence-electron chi connectivity index (χ4n) is 4.20. The maximum atomic E-state index is 12.1. The number of rotatable bonds is 8. The number of carbonyl (C=O) groups is 3.